The molecule has 6 heterocycles. The van der Waals surface area contributed by atoms with Gasteiger partial charge < -0.3 is 30.7 Å². The predicted octanol–water partition coefficient (Wildman–Crippen LogP) is 12.2. The number of amides is 2. The average Bonchev–Trinajstić information content (AvgIpc) is 4.20. The maximum atomic E-state index is 12.9. The summed E-state index contributed by atoms with van der Waals surface area (Å²) in [5.41, 5.74) is 5.47. The van der Waals surface area contributed by atoms with Crippen LogP contribution in [0.3, 0.4) is 0 Å². The molecule has 12 nitrogen and oxygen atoms in total. The summed E-state index contributed by atoms with van der Waals surface area (Å²) in [5, 5.41) is 25.3. The number of nitrogens with zero attached hydrogens (tertiary/aromatic N) is 6. The normalized spacial score (nSPS) is 14.4. The molecule has 2 amide bonds. The lowest BCUT2D eigenvalue weighted by Gasteiger charge is -2.28. The van der Waals surface area contributed by atoms with Crippen molar-refractivity contribution in [2.75, 3.05) is 80.3 Å². The van der Waals surface area contributed by atoms with Crippen molar-refractivity contribution in [2.24, 2.45) is 7.05 Å². The zero-order valence-electron chi connectivity index (χ0n) is 38.4. The highest BCUT2D eigenvalue weighted by molar-refractivity contribution is 7.17. The second-order valence-corrected chi connectivity index (χ2v) is 20.5. The van der Waals surface area contributed by atoms with Gasteiger partial charge in [0.25, 0.3) is 11.8 Å². The van der Waals surface area contributed by atoms with Crippen LogP contribution in [0, 0.1) is 0 Å². The van der Waals surface area contributed by atoms with Crippen LogP contribution in [-0.4, -0.2) is 101 Å². The molecule has 8 aromatic rings. The number of carbonyl (C=O) groups excluding carboxylic acids is 2. The largest absolute Gasteiger partial charge is 0.367 e. The molecule has 0 spiro atoms. The van der Waals surface area contributed by atoms with Crippen LogP contribution in [0.2, 0.25) is 10.0 Å². The molecule has 352 valence electrons. The van der Waals surface area contributed by atoms with Crippen LogP contribution in [0.4, 0.5) is 23.0 Å². The summed E-state index contributed by atoms with van der Waals surface area (Å²) in [6.45, 7) is 8.68. The molecule has 4 aromatic heterocycles. The topological polar surface area (TPSA) is 126 Å². The van der Waals surface area contributed by atoms with Gasteiger partial charge in [-0.25, -0.2) is 0 Å². The zero-order valence-corrected chi connectivity index (χ0v) is 41.5. The SMILES string of the molecule is CN(CCN1CCCCC1)c1nn(C)c2cc(NC(=O)c3ccc(-c4ccc(Cl)cc4)s3)ccc12.O=C(Nc1ccc2c(NCCN3CCCCC3)n[nH]c2c1)c1ccc(-c2ccc(Cl)cc2)s1. The van der Waals surface area contributed by atoms with E-state index in [1.165, 1.54) is 87.4 Å². The van der Waals surface area contributed by atoms with Crippen molar-refractivity contribution in [1.82, 2.24) is 29.8 Å². The molecule has 2 fully saturated rings. The number of H-pyrrole nitrogens is 1. The van der Waals surface area contributed by atoms with Gasteiger partial charge in [-0.05, 0) is 148 Å². The van der Waals surface area contributed by atoms with E-state index >= 15 is 0 Å². The summed E-state index contributed by atoms with van der Waals surface area (Å²) in [4.78, 5) is 36.4. The predicted molar refractivity (Wildman–Crippen MR) is 285 cm³/mol. The summed E-state index contributed by atoms with van der Waals surface area (Å²) in [5.74, 6) is 1.59. The van der Waals surface area contributed by atoms with Crippen LogP contribution in [0.1, 0.15) is 57.9 Å². The molecule has 16 heteroatoms. The number of anilines is 4. The number of hydrogen-bond acceptors (Lipinski definition) is 10. The first-order valence-electron chi connectivity index (χ1n) is 23.3. The Labute approximate surface area is 415 Å². The molecular formula is C52H56Cl2N10O2S2. The van der Waals surface area contributed by atoms with Crippen LogP contribution in [0.15, 0.2) is 109 Å². The molecule has 10 rings (SSSR count). The van der Waals surface area contributed by atoms with E-state index in [9.17, 15) is 9.59 Å². The molecule has 4 aromatic carbocycles. The van der Waals surface area contributed by atoms with Gasteiger partial charge in [0, 0.05) is 82.2 Å². The van der Waals surface area contributed by atoms with Crippen molar-refractivity contribution >= 4 is 103 Å². The Balaban J connectivity index is 0.000000170. The van der Waals surface area contributed by atoms with Gasteiger partial charge in [-0.1, -0.05) is 60.3 Å². The lowest BCUT2D eigenvalue weighted by atomic mass is 10.1. The molecule has 0 unspecified atom stereocenters. The van der Waals surface area contributed by atoms with E-state index in [0.717, 1.165) is 91.9 Å². The Morgan fingerprint density at radius 3 is 1.76 bits per heavy atom. The van der Waals surface area contributed by atoms with Crippen molar-refractivity contribution in [3.63, 3.8) is 0 Å². The molecule has 0 radical (unpaired) electrons. The van der Waals surface area contributed by atoms with E-state index in [1.807, 2.05) is 115 Å². The highest BCUT2D eigenvalue weighted by Gasteiger charge is 2.18. The molecule has 68 heavy (non-hydrogen) atoms. The van der Waals surface area contributed by atoms with Gasteiger partial charge >= 0.3 is 0 Å². The minimum atomic E-state index is -0.126. The number of halogens is 2. The molecule has 0 aliphatic carbocycles. The number of piperidine rings is 2. The summed E-state index contributed by atoms with van der Waals surface area (Å²) < 4.78 is 1.89. The number of fused-ring (bicyclic) bond motifs is 2. The van der Waals surface area contributed by atoms with Gasteiger partial charge in [0.1, 0.15) is 0 Å². The molecule has 0 bridgehead atoms. The fraction of sp³-hybridized carbons (Fsp3) is 0.308. The number of aromatic amines is 1. The van der Waals surface area contributed by atoms with E-state index in [0.29, 0.717) is 19.8 Å². The van der Waals surface area contributed by atoms with Crippen LogP contribution in [-0.2, 0) is 7.05 Å². The van der Waals surface area contributed by atoms with Crippen LogP contribution in [0.5, 0.6) is 0 Å². The Morgan fingerprint density at radius 2 is 1.19 bits per heavy atom. The molecule has 0 saturated carbocycles. The first kappa shape index (κ1) is 47.3. The summed E-state index contributed by atoms with van der Waals surface area (Å²) >= 11 is 14.9. The molecule has 2 aliphatic rings. The number of aromatic nitrogens is 4. The maximum absolute atomic E-state index is 12.9. The Hall–Kier alpha value is -5.74. The van der Waals surface area contributed by atoms with Crippen molar-refractivity contribution in [3.05, 3.63) is 129 Å². The number of aryl methyl sites for hydroxylation is 1. The fourth-order valence-corrected chi connectivity index (χ4v) is 10.8. The van der Waals surface area contributed by atoms with E-state index in [-0.39, 0.29) is 11.8 Å². The van der Waals surface area contributed by atoms with Crippen molar-refractivity contribution < 1.29 is 9.59 Å². The maximum Gasteiger partial charge on any atom is 0.265 e. The van der Waals surface area contributed by atoms with Gasteiger partial charge in [0.15, 0.2) is 11.6 Å². The molecule has 4 N–H and O–H groups in total. The molecule has 2 saturated heterocycles. The zero-order chi connectivity index (χ0) is 47.0. The number of thiophene rings is 2. The number of likely N-dealkylation sites (tertiary alicyclic amines) is 2. The average molecular weight is 988 g/mol. The summed E-state index contributed by atoms with van der Waals surface area (Å²) in [7, 11) is 4.06. The highest BCUT2D eigenvalue weighted by Crippen LogP contribution is 2.33. The second-order valence-electron chi connectivity index (χ2n) is 17.4. The van der Waals surface area contributed by atoms with Gasteiger partial charge in [-0.15, -0.1) is 22.7 Å². The first-order chi connectivity index (χ1) is 33.1. The van der Waals surface area contributed by atoms with Crippen molar-refractivity contribution in [1.29, 1.82) is 0 Å². The quantitative estimate of drug-likeness (QED) is 0.0849. The van der Waals surface area contributed by atoms with E-state index in [2.05, 4.69) is 54.0 Å². The fourth-order valence-electron chi connectivity index (χ4n) is 8.77. The number of likely N-dealkylation sites (N-methyl/N-ethyl adjacent to an activating group) is 1. The standard InChI is InChI=1S/C27H30ClN5OS.C25H26ClN5OS/c1-31(16-17-33-14-4-3-5-15-33)26-22-11-10-21(18-23(22)32(2)30-26)29-27(34)25-13-12-24(35-25)19-6-8-20(28)9-7-19;26-18-6-4-17(5-7-18)22-10-11-23(33-22)25(32)28-19-8-9-20-21(16-19)29-30-24(20)27-12-15-31-13-2-1-3-14-31/h6-13,18H,3-5,14-17H2,1-2H3,(H,29,34);4-11,16H,1-3,12-15H2,(H,28,32)(H2,27,29,30). The number of rotatable bonds is 14. The first-order valence-corrected chi connectivity index (χ1v) is 25.7. The number of nitrogens with one attached hydrogen (secondary N) is 4. The van der Waals surface area contributed by atoms with Gasteiger partial charge in [-0.3, -0.25) is 19.4 Å². The van der Waals surface area contributed by atoms with E-state index < -0.39 is 0 Å². The minimum absolute atomic E-state index is 0.115. The third-order valence-corrected chi connectivity index (χ3v) is 15.3. The molecule has 0 atom stereocenters. The molecule has 2 aliphatic heterocycles. The van der Waals surface area contributed by atoms with Gasteiger partial charge in [0.2, 0.25) is 0 Å². The number of carbonyl (C=O) groups is 2. The third-order valence-electron chi connectivity index (χ3n) is 12.6. The monoisotopic (exact) mass is 986 g/mol. The van der Waals surface area contributed by atoms with Crippen LogP contribution < -0.4 is 20.9 Å². The van der Waals surface area contributed by atoms with E-state index in [1.54, 1.807) is 0 Å². The van der Waals surface area contributed by atoms with E-state index in [4.69, 9.17) is 28.3 Å². The summed E-state index contributed by atoms with van der Waals surface area (Å²) in [6.07, 6.45) is 7.91. The van der Waals surface area contributed by atoms with Crippen molar-refractivity contribution in [2.45, 2.75) is 38.5 Å². The number of hydrogen-bond donors (Lipinski definition) is 4. The highest BCUT2D eigenvalue weighted by atomic mass is 35.5. The Bertz CT molecular complexity index is 2970. The Morgan fingerprint density at radius 1 is 0.662 bits per heavy atom. The lowest BCUT2D eigenvalue weighted by molar-refractivity contribution is 0.102. The van der Waals surface area contributed by atoms with Gasteiger partial charge in [0.05, 0.1) is 20.8 Å². The summed E-state index contributed by atoms with van der Waals surface area (Å²) in [6, 6.07) is 34.8. The lowest BCUT2D eigenvalue weighted by Crippen LogP contribution is -2.36. The smallest absolute Gasteiger partial charge is 0.265 e. The third kappa shape index (κ3) is 11.7. The van der Waals surface area contributed by atoms with Gasteiger partial charge in [-0.2, -0.15) is 10.2 Å². The van der Waals surface area contributed by atoms with Crippen LogP contribution in [0.25, 0.3) is 42.7 Å². The Kier molecular flexibility index (Phi) is 15.4. The van der Waals surface area contributed by atoms with Crippen LogP contribution >= 0.6 is 45.9 Å². The number of benzene rings is 4. The minimum Gasteiger partial charge on any atom is -0.367 e. The van der Waals surface area contributed by atoms with Crippen molar-refractivity contribution in [3.8, 4) is 20.9 Å². The second kappa shape index (κ2) is 22.1. The molecular weight excluding hydrogens is 932 g/mol.